The first-order chi connectivity index (χ1) is 11.4. The highest BCUT2D eigenvalue weighted by Gasteiger charge is 2.18. The fourth-order valence-corrected chi connectivity index (χ4v) is 2.55. The Bertz CT molecular complexity index is 541. The van der Waals surface area contributed by atoms with Crippen LogP contribution < -0.4 is 4.74 Å². The summed E-state index contributed by atoms with van der Waals surface area (Å²) in [5.41, 5.74) is 1.07. The number of hydrogen-bond acceptors (Lipinski definition) is 4. The molecule has 2 rings (SSSR count). The summed E-state index contributed by atoms with van der Waals surface area (Å²) in [7, 11) is 0. The fourth-order valence-electron chi connectivity index (χ4n) is 2.55. The van der Waals surface area contributed by atoms with Gasteiger partial charge in [-0.25, -0.2) is 4.79 Å². The molecule has 1 aliphatic rings. The molecule has 5 heteroatoms. The van der Waals surface area contributed by atoms with Gasteiger partial charge in [0.2, 0.25) is 0 Å². The molecule has 0 radical (unpaired) electrons. The summed E-state index contributed by atoms with van der Waals surface area (Å²) in [4.78, 5) is 11.3. The first-order valence-corrected chi connectivity index (χ1v) is 8.61. The smallest absolute Gasteiger partial charge is 0.335 e. The molecule has 1 aliphatic heterocycles. The molecule has 0 aliphatic carbocycles. The van der Waals surface area contributed by atoms with E-state index in [9.17, 15) is 9.90 Å². The van der Waals surface area contributed by atoms with Gasteiger partial charge in [-0.05, 0) is 48.4 Å². The highest BCUT2D eigenvalue weighted by atomic mass is 16.7. The Labute approximate surface area is 143 Å². The number of benzene rings is 1. The molecular formula is C19H28O5. The first kappa shape index (κ1) is 18.7. The highest BCUT2D eigenvalue weighted by molar-refractivity contribution is 5.88. The van der Waals surface area contributed by atoms with Gasteiger partial charge in [-0.3, -0.25) is 0 Å². The van der Waals surface area contributed by atoms with E-state index in [0.29, 0.717) is 19.0 Å². The molecule has 24 heavy (non-hydrogen) atoms. The van der Waals surface area contributed by atoms with E-state index >= 15 is 0 Å². The lowest BCUT2D eigenvalue weighted by Crippen LogP contribution is -2.23. The van der Waals surface area contributed by atoms with Crippen LogP contribution in [0.25, 0.3) is 0 Å². The van der Waals surface area contributed by atoms with Crippen molar-refractivity contribution in [2.45, 2.75) is 58.2 Å². The summed E-state index contributed by atoms with van der Waals surface area (Å²) in [6, 6.07) is 5.19. The van der Waals surface area contributed by atoms with Gasteiger partial charge in [0, 0.05) is 13.0 Å². The molecule has 1 unspecified atom stereocenters. The van der Waals surface area contributed by atoms with Crippen LogP contribution in [0.15, 0.2) is 18.2 Å². The molecule has 1 fully saturated rings. The normalized spacial score (nSPS) is 18.4. The van der Waals surface area contributed by atoms with Gasteiger partial charge >= 0.3 is 5.97 Å². The molecule has 134 valence electrons. The summed E-state index contributed by atoms with van der Waals surface area (Å²) >= 11 is 0. The third-order valence-corrected chi connectivity index (χ3v) is 4.02. The average molecular weight is 336 g/mol. The Morgan fingerprint density at radius 3 is 2.67 bits per heavy atom. The van der Waals surface area contributed by atoms with Gasteiger partial charge in [-0.2, -0.15) is 0 Å². The minimum Gasteiger partial charge on any atom is -0.493 e. The van der Waals surface area contributed by atoms with Crippen LogP contribution in [0.2, 0.25) is 0 Å². The molecule has 1 atom stereocenters. The second kappa shape index (κ2) is 8.49. The molecule has 0 bridgehead atoms. The van der Waals surface area contributed by atoms with E-state index in [1.165, 1.54) is 0 Å². The van der Waals surface area contributed by atoms with Gasteiger partial charge < -0.3 is 19.3 Å². The van der Waals surface area contributed by atoms with Gasteiger partial charge in [-0.1, -0.05) is 20.8 Å². The summed E-state index contributed by atoms with van der Waals surface area (Å²) < 4.78 is 16.9. The largest absolute Gasteiger partial charge is 0.493 e. The van der Waals surface area contributed by atoms with Crippen molar-refractivity contribution in [1.82, 2.24) is 0 Å². The molecule has 0 aromatic heterocycles. The second-order valence-electron chi connectivity index (χ2n) is 7.17. The molecule has 1 saturated heterocycles. The highest BCUT2D eigenvalue weighted by Crippen LogP contribution is 2.28. The number of hydrogen-bond donors (Lipinski definition) is 1. The van der Waals surface area contributed by atoms with E-state index in [2.05, 4.69) is 20.8 Å². The van der Waals surface area contributed by atoms with Crippen molar-refractivity contribution in [3.8, 4) is 5.75 Å². The number of carboxylic acids is 1. The van der Waals surface area contributed by atoms with E-state index < -0.39 is 5.97 Å². The molecule has 0 saturated carbocycles. The number of rotatable bonds is 7. The van der Waals surface area contributed by atoms with Gasteiger partial charge in [-0.15, -0.1) is 0 Å². The second-order valence-corrected chi connectivity index (χ2v) is 7.17. The van der Waals surface area contributed by atoms with Crippen LogP contribution >= 0.6 is 0 Å². The molecule has 1 aromatic carbocycles. The van der Waals surface area contributed by atoms with Crippen molar-refractivity contribution in [1.29, 1.82) is 0 Å². The van der Waals surface area contributed by atoms with Crippen LogP contribution in [-0.2, 0) is 14.9 Å². The Morgan fingerprint density at radius 2 is 2.04 bits per heavy atom. The third kappa shape index (κ3) is 5.80. The van der Waals surface area contributed by atoms with Crippen molar-refractivity contribution >= 4 is 5.97 Å². The van der Waals surface area contributed by atoms with E-state index in [4.69, 9.17) is 14.2 Å². The Balaban J connectivity index is 1.84. The summed E-state index contributed by atoms with van der Waals surface area (Å²) in [6.45, 7) is 7.99. The third-order valence-electron chi connectivity index (χ3n) is 4.02. The maximum Gasteiger partial charge on any atom is 0.335 e. The SMILES string of the molecule is CC(C)(C)c1cc(OCCCOC2CCCCO2)cc(C(=O)O)c1. The van der Waals surface area contributed by atoms with Crippen molar-refractivity contribution in [2.24, 2.45) is 0 Å². The van der Waals surface area contributed by atoms with Crippen molar-refractivity contribution in [3.63, 3.8) is 0 Å². The van der Waals surface area contributed by atoms with Crippen LogP contribution in [0.5, 0.6) is 5.75 Å². The zero-order valence-electron chi connectivity index (χ0n) is 14.8. The van der Waals surface area contributed by atoms with Crippen LogP contribution in [-0.4, -0.2) is 37.2 Å². The molecule has 5 nitrogen and oxygen atoms in total. The molecule has 0 spiro atoms. The van der Waals surface area contributed by atoms with Gasteiger partial charge in [0.1, 0.15) is 5.75 Å². The average Bonchev–Trinajstić information content (AvgIpc) is 2.54. The summed E-state index contributed by atoms with van der Waals surface area (Å²) in [5.74, 6) is -0.350. The van der Waals surface area contributed by atoms with Crippen LogP contribution in [0.1, 0.15) is 62.4 Å². The predicted molar refractivity (Wildman–Crippen MR) is 91.8 cm³/mol. The van der Waals surface area contributed by atoms with Crippen LogP contribution in [0.4, 0.5) is 0 Å². The van der Waals surface area contributed by atoms with Crippen LogP contribution in [0, 0.1) is 0 Å². The predicted octanol–water partition coefficient (Wildman–Crippen LogP) is 3.99. The minimum absolute atomic E-state index is 0.0819. The molecule has 0 amide bonds. The van der Waals surface area contributed by atoms with Crippen molar-refractivity contribution in [3.05, 3.63) is 29.3 Å². The summed E-state index contributed by atoms with van der Waals surface area (Å²) in [5, 5.41) is 9.26. The maximum atomic E-state index is 11.3. The van der Waals surface area contributed by atoms with Gasteiger partial charge in [0.25, 0.3) is 0 Å². The quantitative estimate of drug-likeness (QED) is 0.763. The van der Waals surface area contributed by atoms with E-state index in [1.54, 1.807) is 12.1 Å². The molecular weight excluding hydrogens is 308 g/mol. The number of carboxylic acid groups (broad SMARTS) is 1. The van der Waals surface area contributed by atoms with Crippen molar-refractivity contribution < 1.29 is 24.1 Å². The first-order valence-electron chi connectivity index (χ1n) is 8.61. The standard InChI is InChI=1S/C19H28O5/c1-19(2,3)15-11-14(18(20)21)12-16(13-15)22-9-6-10-24-17-7-4-5-8-23-17/h11-13,17H,4-10H2,1-3H3,(H,20,21). The zero-order chi connectivity index (χ0) is 17.6. The Morgan fingerprint density at radius 1 is 1.25 bits per heavy atom. The minimum atomic E-state index is -0.941. The van der Waals surface area contributed by atoms with Crippen LogP contribution in [0.3, 0.4) is 0 Å². The lowest BCUT2D eigenvalue weighted by Gasteiger charge is -2.23. The Hall–Kier alpha value is -1.59. The molecule has 1 aromatic rings. The Kier molecular flexibility index (Phi) is 6.63. The van der Waals surface area contributed by atoms with Gasteiger partial charge in [0.15, 0.2) is 6.29 Å². The van der Waals surface area contributed by atoms with E-state index in [1.807, 2.05) is 6.07 Å². The molecule has 1 N–H and O–H groups in total. The van der Waals surface area contributed by atoms with E-state index in [0.717, 1.165) is 37.9 Å². The lowest BCUT2D eigenvalue weighted by molar-refractivity contribution is -0.163. The topological polar surface area (TPSA) is 65.0 Å². The van der Waals surface area contributed by atoms with E-state index in [-0.39, 0.29) is 17.3 Å². The number of aromatic carboxylic acids is 1. The zero-order valence-corrected chi connectivity index (χ0v) is 14.8. The monoisotopic (exact) mass is 336 g/mol. The fraction of sp³-hybridized carbons (Fsp3) is 0.632. The number of ether oxygens (including phenoxy) is 3. The van der Waals surface area contributed by atoms with Crippen molar-refractivity contribution in [2.75, 3.05) is 19.8 Å². The summed E-state index contributed by atoms with van der Waals surface area (Å²) in [6.07, 6.45) is 3.87. The van der Waals surface area contributed by atoms with Gasteiger partial charge in [0.05, 0.1) is 18.8 Å². The molecule has 1 heterocycles. The lowest BCUT2D eigenvalue weighted by atomic mass is 9.86. The maximum absolute atomic E-state index is 11.3. The number of carbonyl (C=O) groups is 1.